The highest BCUT2D eigenvalue weighted by Crippen LogP contribution is 2.81. The zero-order chi connectivity index (χ0) is 19.5. The van der Waals surface area contributed by atoms with Crippen molar-refractivity contribution < 1.29 is 9.47 Å². The van der Waals surface area contributed by atoms with Crippen molar-refractivity contribution in [2.45, 2.75) is 51.4 Å². The average Bonchev–Trinajstić information content (AvgIpc) is 3.27. The van der Waals surface area contributed by atoms with Crippen molar-refractivity contribution in [1.29, 1.82) is 10.5 Å². The number of aromatic nitrogens is 1. The summed E-state index contributed by atoms with van der Waals surface area (Å²) >= 11 is 0. The Hall–Kier alpha value is -2.48. The number of pyridine rings is 1. The minimum Gasteiger partial charge on any atom is -0.386 e. The van der Waals surface area contributed by atoms with E-state index in [0.717, 1.165) is 31.2 Å². The summed E-state index contributed by atoms with van der Waals surface area (Å²) in [5.41, 5.74) is 4.50. The van der Waals surface area contributed by atoms with E-state index in [1.54, 1.807) is 24.5 Å². The Kier molecular flexibility index (Phi) is 5.19. The van der Waals surface area contributed by atoms with Gasteiger partial charge in [0.25, 0.3) is 5.91 Å². The third kappa shape index (κ3) is 2.46. The Labute approximate surface area is 159 Å². The maximum Gasteiger partial charge on any atom is 0.293 e. The number of unbranched alkanes of at least 4 members (excludes halogenated alkanes) is 2. The molecule has 1 aliphatic carbocycles. The van der Waals surface area contributed by atoms with E-state index in [0.29, 0.717) is 13.2 Å². The summed E-state index contributed by atoms with van der Waals surface area (Å²) in [6, 6.07) is 8.23. The third-order valence-corrected chi connectivity index (χ3v) is 5.56. The second-order valence-corrected chi connectivity index (χ2v) is 7.04. The second-order valence-electron chi connectivity index (χ2n) is 7.04. The summed E-state index contributed by atoms with van der Waals surface area (Å²) < 4.78 is 12.2. The van der Waals surface area contributed by atoms with Crippen molar-refractivity contribution in [2.75, 3.05) is 13.2 Å². The molecule has 0 spiro atoms. The number of amidine groups is 1. The van der Waals surface area contributed by atoms with Crippen molar-refractivity contribution >= 4 is 5.84 Å². The Balaban J connectivity index is 2.08. The van der Waals surface area contributed by atoms with Gasteiger partial charge in [0, 0.05) is 18.3 Å². The summed E-state index contributed by atoms with van der Waals surface area (Å²) in [5.74, 6) is -1.91. The fourth-order valence-electron chi connectivity index (χ4n) is 4.12. The topological polar surface area (TPSA) is 117 Å². The highest BCUT2D eigenvalue weighted by Gasteiger charge is 2.93. The Morgan fingerprint density at radius 2 is 1.67 bits per heavy atom. The van der Waals surface area contributed by atoms with Gasteiger partial charge >= 0.3 is 0 Å². The third-order valence-electron chi connectivity index (χ3n) is 5.56. The van der Waals surface area contributed by atoms with Crippen molar-refractivity contribution in [2.24, 2.45) is 21.6 Å². The van der Waals surface area contributed by atoms with Gasteiger partial charge in [0.15, 0.2) is 5.41 Å². The Morgan fingerprint density at radius 1 is 1.07 bits per heavy atom. The van der Waals surface area contributed by atoms with E-state index in [1.807, 2.05) is 0 Å². The molecule has 3 rings (SSSR count). The fourth-order valence-corrected chi connectivity index (χ4v) is 4.12. The quantitative estimate of drug-likeness (QED) is 0.530. The summed E-state index contributed by atoms with van der Waals surface area (Å²) in [4.78, 5) is 8.48. The molecular weight excluding hydrogens is 342 g/mol. The van der Waals surface area contributed by atoms with E-state index in [1.165, 1.54) is 0 Å². The van der Waals surface area contributed by atoms with Crippen LogP contribution in [-0.2, 0) is 9.47 Å². The van der Waals surface area contributed by atoms with Gasteiger partial charge in [-0.2, -0.15) is 10.5 Å². The molecule has 2 aliphatic rings. The lowest BCUT2D eigenvalue weighted by Gasteiger charge is -2.32. The highest BCUT2D eigenvalue weighted by molar-refractivity contribution is 6.00. The molecule has 2 N–H and O–H groups in total. The molecule has 0 aromatic carbocycles. The molecule has 3 unspecified atom stereocenters. The average molecular weight is 367 g/mol. The zero-order valence-electron chi connectivity index (χ0n) is 15.8. The number of aliphatic imine (C=N–C) groups is 1. The van der Waals surface area contributed by atoms with Crippen LogP contribution in [0, 0.1) is 33.5 Å². The largest absolute Gasteiger partial charge is 0.386 e. The van der Waals surface area contributed by atoms with Crippen molar-refractivity contribution in [3.63, 3.8) is 0 Å². The Bertz CT molecular complexity index is 787. The molecule has 0 bridgehead atoms. The first-order valence-electron chi connectivity index (χ1n) is 9.46. The van der Waals surface area contributed by atoms with E-state index in [9.17, 15) is 10.5 Å². The van der Waals surface area contributed by atoms with E-state index >= 15 is 0 Å². The molecule has 7 heteroatoms. The molecule has 1 aromatic rings. The lowest BCUT2D eigenvalue weighted by Crippen LogP contribution is -2.44. The van der Waals surface area contributed by atoms with Gasteiger partial charge in [0.05, 0.1) is 25.4 Å². The molecule has 0 radical (unpaired) electrons. The molecule has 0 amide bonds. The van der Waals surface area contributed by atoms with Crippen LogP contribution in [0.25, 0.3) is 0 Å². The van der Waals surface area contributed by atoms with Crippen molar-refractivity contribution in [3.8, 4) is 12.1 Å². The monoisotopic (exact) mass is 367 g/mol. The highest BCUT2D eigenvalue weighted by atomic mass is 16.7. The standard InChI is InChI=1S/C20H25N5O2/c1-3-5-11-26-20(27-12-6-4-2)19(14-22)16(15-7-9-24-10-8-15)18(19,13-21)17(23)25-20/h7-10,16H,3-6,11-12H2,1-2H3,(H2,23,25). The number of hydrogen-bond donors (Lipinski definition) is 1. The van der Waals surface area contributed by atoms with Crippen molar-refractivity contribution in [1.82, 2.24) is 4.98 Å². The molecule has 3 atom stereocenters. The van der Waals surface area contributed by atoms with Crippen molar-refractivity contribution in [3.05, 3.63) is 30.1 Å². The molecule has 27 heavy (non-hydrogen) atoms. The first-order chi connectivity index (χ1) is 13.1. The smallest absolute Gasteiger partial charge is 0.293 e. The predicted octanol–water partition coefficient (Wildman–Crippen LogP) is 2.86. The van der Waals surface area contributed by atoms with Crippen LogP contribution in [0.2, 0.25) is 0 Å². The minimum atomic E-state index is -1.56. The van der Waals surface area contributed by atoms with Gasteiger partial charge < -0.3 is 15.2 Å². The first-order valence-corrected chi connectivity index (χ1v) is 9.46. The summed E-state index contributed by atoms with van der Waals surface area (Å²) in [5, 5.41) is 20.3. The van der Waals surface area contributed by atoms with E-state index < -0.39 is 22.7 Å². The maximum absolute atomic E-state index is 10.3. The summed E-state index contributed by atoms with van der Waals surface area (Å²) in [6.07, 6.45) is 6.75. The van der Waals surface area contributed by atoms with Crippen LogP contribution < -0.4 is 5.73 Å². The summed E-state index contributed by atoms with van der Waals surface area (Å²) in [7, 11) is 0. The van der Waals surface area contributed by atoms with Crippen LogP contribution in [-0.4, -0.2) is 29.9 Å². The van der Waals surface area contributed by atoms with Crippen LogP contribution in [0.1, 0.15) is 51.0 Å². The molecule has 1 aliphatic heterocycles. The van der Waals surface area contributed by atoms with E-state index in [-0.39, 0.29) is 5.84 Å². The van der Waals surface area contributed by atoms with Gasteiger partial charge in [-0.05, 0) is 30.5 Å². The van der Waals surface area contributed by atoms with Gasteiger partial charge in [0.1, 0.15) is 11.3 Å². The van der Waals surface area contributed by atoms with Gasteiger partial charge in [0.2, 0.25) is 0 Å². The normalized spacial score (nSPS) is 30.1. The first kappa shape index (κ1) is 19.3. The lowest BCUT2D eigenvalue weighted by molar-refractivity contribution is -0.260. The summed E-state index contributed by atoms with van der Waals surface area (Å²) in [6.45, 7) is 4.87. The number of nitrogens with zero attached hydrogens (tertiary/aromatic N) is 4. The SMILES string of the molecule is CCCCOC1(OCCCC)N=C(N)C2(C#N)C(c3ccncc3)C12C#N. The van der Waals surface area contributed by atoms with Gasteiger partial charge in [-0.15, -0.1) is 0 Å². The van der Waals surface area contributed by atoms with Gasteiger partial charge in [-0.1, -0.05) is 26.7 Å². The number of nitrogens with two attached hydrogens (primary N) is 1. The van der Waals surface area contributed by atoms with E-state index in [4.69, 9.17) is 15.2 Å². The minimum absolute atomic E-state index is 0.112. The van der Waals surface area contributed by atoms with Crippen LogP contribution >= 0.6 is 0 Å². The second kappa shape index (κ2) is 7.26. The van der Waals surface area contributed by atoms with Crippen LogP contribution in [0.4, 0.5) is 0 Å². The molecule has 7 nitrogen and oxygen atoms in total. The fraction of sp³-hybridized carbons (Fsp3) is 0.600. The van der Waals surface area contributed by atoms with Gasteiger partial charge in [-0.3, -0.25) is 4.98 Å². The van der Waals surface area contributed by atoms with Crippen LogP contribution in [0.3, 0.4) is 0 Å². The lowest BCUT2D eigenvalue weighted by atomic mass is 9.93. The maximum atomic E-state index is 10.3. The number of fused-ring (bicyclic) bond motifs is 1. The van der Waals surface area contributed by atoms with Crippen LogP contribution in [0.15, 0.2) is 29.5 Å². The van der Waals surface area contributed by atoms with E-state index in [2.05, 4.69) is 36.0 Å². The number of rotatable bonds is 9. The van der Waals surface area contributed by atoms with Crippen LogP contribution in [0.5, 0.6) is 0 Å². The number of ether oxygens (including phenoxy) is 2. The number of nitriles is 2. The molecule has 1 fully saturated rings. The molecular formula is C20H25N5O2. The molecule has 1 saturated carbocycles. The Morgan fingerprint density at radius 3 is 2.15 bits per heavy atom. The zero-order valence-corrected chi connectivity index (χ0v) is 15.8. The molecule has 142 valence electrons. The molecule has 0 saturated heterocycles. The molecule has 2 heterocycles. The predicted molar refractivity (Wildman–Crippen MR) is 99.1 cm³/mol. The van der Waals surface area contributed by atoms with Gasteiger partial charge in [-0.25, -0.2) is 4.99 Å². The molecule has 1 aromatic heterocycles. The number of hydrogen-bond acceptors (Lipinski definition) is 7.